The first-order valence-electron chi connectivity index (χ1n) is 5.42. The number of hydrogen-bond acceptors (Lipinski definition) is 2. The normalized spacial score (nSPS) is 13.2. The fourth-order valence-corrected chi connectivity index (χ4v) is 1.52. The summed E-state index contributed by atoms with van der Waals surface area (Å²) >= 11 is 5.25. The number of aryl methyl sites for hydroxylation is 1. The van der Waals surface area contributed by atoms with Gasteiger partial charge in [-0.2, -0.15) is 0 Å². The highest BCUT2D eigenvalue weighted by Crippen LogP contribution is 2.16. The maximum absolute atomic E-state index is 13.2. The standard InChI is InChI=1S/C13H13ClF2O2/c14-8-13(17)18-12(11(16)9-15)7-6-10-4-2-1-3-5-10/h1-5,9,12H,6-8H2/b11-9-/t12-/m0/s1. The van der Waals surface area contributed by atoms with Crippen molar-refractivity contribution in [3.05, 3.63) is 48.1 Å². The molecule has 98 valence electrons. The molecule has 0 amide bonds. The molecule has 0 aliphatic carbocycles. The molecule has 1 rings (SSSR count). The highest BCUT2D eigenvalue weighted by molar-refractivity contribution is 6.26. The van der Waals surface area contributed by atoms with E-state index in [4.69, 9.17) is 16.3 Å². The summed E-state index contributed by atoms with van der Waals surface area (Å²) in [6.45, 7) is 0. The van der Waals surface area contributed by atoms with E-state index in [0.717, 1.165) is 5.56 Å². The first-order valence-corrected chi connectivity index (χ1v) is 5.96. The fourth-order valence-electron chi connectivity index (χ4n) is 1.46. The van der Waals surface area contributed by atoms with Crippen LogP contribution in [0.1, 0.15) is 12.0 Å². The van der Waals surface area contributed by atoms with Crippen LogP contribution in [0.4, 0.5) is 8.78 Å². The highest BCUT2D eigenvalue weighted by atomic mass is 35.5. The Hall–Kier alpha value is -1.42. The first kappa shape index (κ1) is 14.6. The summed E-state index contributed by atoms with van der Waals surface area (Å²) in [5, 5.41) is 0. The molecule has 0 aliphatic heterocycles. The van der Waals surface area contributed by atoms with Crippen LogP contribution < -0.4 is 0 Å². The third kappa shape index (κ3) is 4.84. The summed E-state index contributed by atoms with van der Waals surface area (Å²) in [4.78, 5) is 11.0. The van der Waals surface area contributed by atoms with Crippen molar-refractivity contribution in [2.24, 2.45) is 0 Å². The molecule has 0 unspecified atom stereocenters. The van der Waals surface area contributed by atoms with Gasteiger partial charge in [-0.05, 0) is 18.4 Å². The van der Waals surface area contributed by atoms with Crippen molar-refractivity contribution < 1.29 is 18.3 Å². The number of alkyl halides is 1. The Balaban J connectivity index is 2.59. The van der Waals surface area contributed by atoms with E-state index in [0.29, 0.717) is 6.42 Å². The molecule has 1 aromatic rings. The molecule has 0 fully saturated rings. The van der Waals surface area contributed by atoms with Gasteiger partial charge >= 0.3 is 5.97 Å². The zero-order valence-electron chi connectivity index (χ0n) is 9.61. The lowest BCUT2D eigenvalue weighted by atomic mass is 10.1. The lowest BCUT2D eigenvalue weighted by molar-refractivity contribution is -0.145. The van der Waals surface area contributed by atoms with Gasteiger partial charge < -0.3 is 4.74 Å². The van der Waals surface area contributed by atoms with Crippen LogP contribution in [0.3, 0.4) is 0 Å². The molecule has 0 N–H and O–H groups in total. The van der Waals surface area contributed by atoms with Gasteiger partial charge in [0.2, 0.25) is 0 Å². The Labute approximate surface area is 109 Å². The zero-order valence-corrected chi connectivity index (χ0v) is 10.4. The molecule has 0 saturated carbocycles. The van der Waals surface area contributed by atoms with Gasteiger partial charge in [-0.15, -0.1) is 11.6 Å². The fraction of sp³-hybridized carbons (Fsp3) is 0.308. The van der Waals surface area contributed by atoms with Gasteiger partial charge in [0.25, 0.3) is 0 Å². The molecular weight excluding hydrogens is 262 g/mol. The number of benzene rings is 1. The van der Waals surface area contributed by atoms with Gasteiger partial charge in [0, 0.05) is 0 Å². The third-order valence-electron chi connectivity index (χ3n) is 2.33. The van der Waals surface area contributed by atoms with E-state index in [-0.39, 0.29) is 18.6 Å². The Morgan fingerprint density at radius 2 is 2.06 bits per heavy atom. The van der Waals surface area contributed by atoms with Crippen LogP contribution in [0.25, 0.3) is 0 Å². The quantitative estimate of drug-likeness (QED) is 0.586. The van der Waals surface area contributed by atoms with Crippen molar-refractivity contribution >= 4 is 17.6 Å². The number of ether oxygens (including phenoxy) is 1. The molecular formula is C13H13ClF2O2. The van der Waals surface area contributed by atoms with Crippen LogP contribution >= 0.6 is 11.6 Å². The van der Waals surface area contributed by atoms with E-state index >= 15 is 0 Å². The number of carbonyl (C=O) groups excluding carboxylic acids is 1. The van der Waals surface area contributed by atoms with Crippen molar-refractivity contribution in [1.29, 1.82) is 0 Å². The maximum Gasteiger partial charge on any atom is 0.321 e. The molecule has 0 radical (unpaired) electrons. The van der Waals surface area contributed by atoms with E-state index in [9.17, 15) is 13.6 Å². The second kappa shape index (κ2) is 7.82. The molecule has 0 spiro atoms. The molecule has 2 nitrogen and oxygen atoms in total. The van der Waals surface area contributed by atoms with E-state index in [2.05, 4.69) is 0 Å². The second-order valence-corrected chi connectivity index (χ2v) is 3.90. The van der Waals surface area contributed by atoms with Crippen molar-refractivity contribution in [1.82, 2.24) is 0 Å². The smallest absolute Gasteiger partial charge is 0.321 e. The van der Waals surface area contributed by atoms with E-state index in [1.165, 1.54) is 0 Å². The molecule has 1 aromatic carbocycles. The van der Waals surface area contributed by atoms with Crippen LogP contribution in [0.2, 0.25) is 0 Å². The Bertz CT molecular complexity index is 407. The number of esters is 1. The zero-order chi connectivity index (χ0) is 13.4. The molecule has 5 heteroatoms. The predicted molar refractivity (Wildman–Crippen MR) is 65.7 cm³/mol. The maximum atomic E-state index is 13.2. The van der Waals surface area contributed by atoms with Gasteiger partial charge in [-0.3, -0.25) is 4.79 Å². The summed E-state index contributed by atoms with van der Waals surface area (Å²) in [6.07, 6.45) is -0.778. The summed E-state index contributed by atoms with van der Waals surface area (Å²) in [5.74, 6) is -2.27. The van der Waals surface area contributed by atoms with Gasteiger partial charge in [0.1, 0.15) is 12.2 Å². The van der Waals surface area contributed by atoms with Crippen LogP contribution in [0.15, 0.2) is 42.5 Å². The van der Waals surface area contributed by atoms with Crippen LogP contribution in [-0.2, 0) is 16.0 Å². The van der Waals surface area contributed by atoms with Crippen molar-refractivity contribution in [3.63, 3.8) is 0 Å². The van der Waals surface area contributed by atoms with Crippen molar-refractivity contribution in [3.8, 4) is 0 Å². The van der Waals surface area contributed by atoms with Crippen LogP contribution in [-0.4, -0.2) is 18.0 Å². The van der Waals surface area contributed by atoms with E-state index in [1.807, 2.05) is 30.3 Å². The summed E-state index contributed by atoms with van der Waals surface area (Å²) in [5.41, 5.74) is 0.955. The number of hydrogen-bond donors (Lipinski definition) is 0. The average Bonchev–Trinajstić information content (AvgIpc) is 2.43. The Morgan fingerprint density at radius 3 is 2.61 bits per heavy atom. The third-order valence-corrected chi connectivity index (χ3v) is 2.55. The molecule has 18 heavy (non-hydrogen) atoms. The second-order valence-electron chi connectivity index (χ2n) is 3.63. The molecule has 0 heterocycles. The first-order chi connectivity index (χ1) is 8.67. The molecule has 1 atom stereocenters. The van der Waals surface area contributed by atoms with Crippen molar-refractivity contribution in [2.75, 3.05) is 5.88 Å². The minimum Gasteiger partial charge on any atom is -0.454 e. The van der Waals surface area contributed by atoms with Gasteiger partial charge in [0.15, 0.2) is 11.9 Å². The SMILES string of the molecule is O=C(CCl)O[C@@H](CCc1ccccc1)/C(F)=C/F. The van der Waals surface area contributed by atoms with E-state index in [1.54, 1.807) is 0 Å². The van der Waals surface area contributed by atoms with Gasteiger partial charge in [-0.25, -0.2) is 8.78 Å². The van der Waals surface area contributed by atoms with E-state index < -0.39 is 17.9 Å². The van der Waals surface area contributed by atoms with Crippen LogP contribution in [0.5, 0.6) is 0 Å². The molecule has 0 aliphatic rings. The Kier molecular flexibility index (Phi) is 6.36. The summed E-state index contributed by atoms with van der Waals surface area (Å²) in [6, 6.07) is 9.26. The van der Waals surface area contributed by atoms with Gasteiger partial charge in [-0.1, -0.05) is 30.3 Å². The molecule has 0 aromatic heterocycles. The van der Waals surface area contributed by atoms with Gasteiger partial charge in [0.05, 0.1) is 0 Å². The number of rotatable bonds is 6. The number of carbonyl (C=O) groups is 1. The average molecular weight is 275 g/mol. The topological polar surface area (TPSA) is 26.3 Å². The summed E-state index contributed by atoms with van der Waals surface area (Å²) in [7, 11) is 0. The monoisotopic (exact) mass is 274 g/mol. The minimum atomic E-state index is -1.22. The van der Waals surface area contributed by atoms with Crippen molar-refractivity contribution in [2.45, 2.75) is 18.9 Å². The number of halogens is 3. The lowest BCUT2D eigenvalue weighted by Crippen LogP contribution is -2.20. The largest absolute Gasteiger partial charge is 0.454 e. The summed E-state index contributed by atoms with van der Waals surface area (Å²) < 4.78 is 30.0. The van der Waals surface area contributed by atoms with Crippen LogP contribution in [0, 0.1) is 0 Å². The molecule has 0 bridgehead atoms. The Morgan fingerprint density at radius 1 is 1.39 bits per heavy atom. The highest BCUT2D eigenvalue weighted by Gasteiger charge is 2.19. The minimum absolute atomic E-state index is 0.166. The molecule has 0 saturated heterocycles. The lowest BCUT2D eigenvalue weighted by Gasteiger charge is -2.14. The predicted octanol–water partition coefficient (Wildman–Crippen LogP) is 3.55.